The Balaban J connectivity index is 1.41. The summed E-state index contributed by atoms with van der Waals surface area (Å²) in [6.45, 7) is 7.94. The molecule has 0 amide bonds. The van der Waals surface area contributed by atoms with E-state index in [1.165, 1.54) is 12.8 Å². The van der Waals surface area contributed by atoms with Crippen LogP contribution in [0.2, 0.25) is 0 Å². The second kappa shape index (κ2) is 8.01. The summed E-state index contributed by atoms with van der Waals surface area (Å²) in [5.41, 5.74) is 2.10. The molecular formula is C20H27N5O. The smallest absolute Gasteiger partial charge is 0.227 e. The zero-order chi connectivity index (χ0) is 17.8. The summed E-state index contributed by atoms with van der Waals surface area (Å²) >= 11 is 0. The second-order valence-corrected chi connectivity index (χ2v) is 7.06. The fraction of sp³-hybridized carbons (Fsp3) is 0.500. The zero-order valence-corrected chi connectivity index (χ0v) is 15.4. The van der Waals surface area contributed by atoms with Crippen molar-refractivity contribution in [3.8, 4) is 0 Å². The van der Waals surface area contributed by atoms with E-state index in [1.807, 2.05) is 31.3 Å². The lowest BCUT2D eigenvalue weighted by Crippen LogP contribution is -2.49. The number of nitrogens with one attached hydrogen (secondary N) is 1. The van der Waals surface area contributed by atoms with Crippen LogP contribution in [0.25, 0.3) is 0 Å². The minimum atomic E-state index is 0.669. The van der Waals surface area contributed by atoms with Gasteiger partial charge in [-0.3, -0.25) is 4.90 Å². The van der Waals surface area contributed by atoms with E-state index < -0.39 is 0 Å². The first-order chi connectivity index (χ1) is 12.8. The molecule has 0 unspecified atom stereocenters. The SMILES string of the molecule is Cc1cnc(N2CCC(N3CCOCC3)CC2)nc1Nc1ccccc1. The van der Waals surface area contributed by atoms with Crippen LogP contribution >= 0.6 is 0 Å². The van der Waals surface area contributed by atoms with Gasteiger partial charge >= 0.3 is 0 Å². The van der Waals surface area contributed by atoms with E-state index in [0.29, 0.717) is 6.04 Å². The van der Waals surface area contributed by atoms with Crippen LogP contribution in [0.5, 0.6) is 0 Å². The first kappa shape index (κ1) is 17.2. The molecule has 0 aliphatic carbocycles. The molecule has 1 aromatic carbocycles. The van der Waals surface area contributed by atoms with Crippen molar-refractivity contribution in [2.75, 3.05) is 49.6 Å². The fourth-order valence-corrected chi connectivity index (χ4v) is 3.74. The Bertz CT molecular complexity index is 709. The Hall–Kier alpha value is -2.18. The van der Waals surface area contributed by atoms with Crippen molar-refractivity contribution in [1.82, 2.24) is 14.9 Å². The molecule has 0 atom stereocenters. The monoisotopic (exact) mass is 353 g/mol. The Kier molecular flexibility index (Phi) is 5.32. The van der Waals surface area contributed by atoms with Gasteiger partial charge in [-0.25, -0.2) is 4.98 Å². The third kappa shape index (κ3) is 3.97. The molecule has 0 saturated carbocycles. The molecule has 2 saturated heterocycles. The molecule has 3 heterocycles. The average Bonchev–Trinajstić information content (AvgIpc) is 2.71. The van der Waals surface area contributed by atoms with Gasteiger partial charge in [0.25, 0.3) is 0 Å². The van der Waals surface area contributed by atoms with Crippen molar-refractivity contribution in [3.05, 3.63) is 42.1 Å². The highest BCUT2D eigenvalue weighted by Crippen LogP contribution is 2.24. The van der Waals surface area contributed by atoms with E-state index in [4.69, 9.17) is 9.72 Å². The molecule has 0 bridgehead atoms. The van der Waals surface area contributed by atoms with Crippen molar-refractivity contribution in [2.24, 2.45) is 0 Å². The molecule has 2 fully saturated rings. The summed E-state index contributed by atoms with van der Waals surface area (Å²) in [7, 11) is 0. The van der Waals surface area contributed by atoms with E-state index in [1.54, 1.807) is 0 Å². The topological polar surface area (TPSA) is 53.5 Å². The molecule has 1 aromatic heterocycles. The number of ether oxygens (including phenoxy) is 1. The molecule has 4 rings (SSSR count). The van der Waals surface area contributed by atoms with Gasteiger partial charge in [-0.15, -0.1) is 0 Å². The van der Waals surface area contributed by atoms with Gasteiger partial charge < -0.3 is 15.0 Å². The lowest BCUT2D eigenvalue weighted by molar-refractivity contribution is 0.0114. The highest BCUT2D eigenvalue weighted by Gasteiger charge is 2.27. The Morgan fingerprint density at radius 3 is 2.50 bits per heavy atom. The zero-order valence-electron chi connectivity index (χ0n) is 15.4. The van der Waals surface area contributed by atoms with Crippen LogP contribution in [-0.2, 0) is 4.74 Å². The summed E-state index contributed by atoms with van der Waals surface area (Å²) in [4.78, 5) is 14.3. The minimum absolute atomic E-state index is 0.669. The molecule has 2 aliphatic heterocycles. The number of anilines is 3. The van der Waals surface area contributed by atoms with E-state index in [2.05, 4.69) is 32.2 Å². The van der Waals surface area contributed by atoms with Gasteiger partial charge in [-0.05, 0) is 31.9 Å². The quantitative estimate of drug-likeness (QED) is 0.912. The first-order valence-electron chi connectivity index (χ1n) is 9.52. The largest absolute Gasteiger partial charge is 0.379 e. The maximum atomic E-state index is 5.48. The number of nitrogens with zero attached hydrogens (tertiary/aromatic N) is 4. The molecule has 0 radical (unpaired) electrons. The number of aryl methyl sites for hydroxylation is 1. The van der Waals surface area contributed by atoms with Crippen LogP contribution in [0.3, 0.4) is 0 Å². The van der Waals surface area contributed by atoms with Gasteiger partial charge in [0, 0.05) is 49.7 Å². The maximum absolute atomic E-state index is 5.48. The molecule has 2 aliphatic rings. The summed E-state index contributed by atoms with van der Waals surface area (Å²) in [5, 5.41) is 3.41. The standard InChI is InChI=1S/C20H27N5O/c1-16-15-21-20(23-19(16)22-17-5-3-2-4-6-17)25-9-7-18(8-10-25)24-11-13-26-14-12-24/h2-6,15,18H,7-14H2,1H3,(H,21,22,23). The van der Waals surface area contributed by atoms with E-state index in [9.17, 15) is 0 Å². The Morgan fingerprint density at radius 1 is 1.04 bits per heavy atom. The summed E-state index contributed by atoms with van der Waals surface area (Å²) in [6.07, 6.45) is 4.25. The van der Waals surface area contributed by atoms with E-state index >= 15 is 0 Å². The number of para-hydroxylation sites is 1. The number of piperidine rings is 1. The fourth-order valence-electron chi connectivity index (χ4n) is 3.74. The highest BCUT2D eigenvalue weighted by molar-refractivity contribution is 5.60. The normalized spacial score (nSPS) is 19.5. The first-order valence-corrected chi connectivity index (χ1v) is 9.52. The van der Waals surface area contributed by atoms with Crippen LogP contribution < -0.4 is 10.2 Å². The minimum Gasteiger partial charge on any atom is -0.379 e. The number of rotatable bonds is 4. The highest BCUT2D eigenvalue weighted by atomic mass is 16.5. The van der Waals surface area contributed by atoms with Gasteiger partial charge in [0.2, 0.25) is 5.95 Å². The van der Waals surface area contributed by atoms with Crippen molar-refractivity contribution in [3.63, 3.8) is 0 Å². The summed E-state index contributed by atoms with van der Waals surface area (Å²) in [6, 6.07) is 10.8. The molecule has 6 heteroatoms. The predicted octanol–water partition coefficient (Wildman–Crippen LogP) is 2.83. The van der Waals surface area contributed by atoms with Crippen molar-refractivity contribution >= 4 is 17.5 Å². The molecular weight excluding hydrogens is 326 g/mol. The third-order valence-corrected chi connectivity index (χ3v) is 5.30. The molecule has 1 N–H and O–H groups in total. The van der Waals surface area contributed by atoms with E-state index in [0.717, 1.165) is 62.4 Å². The number of hydrogen-bond donors (Lipinski definition) is 1. The van der Waals surface area contributed by atoms with Crippen LogP contribution in [0.1, 0.15) is 18.4 Å². The number of aromatic nitrogens is 2. The summed E-state index contributed by atoms with van der Waals surface area (Å²) < 4.78 is 5.48. The number of hydrogen-bond acceptors (Lipinski definition) is 6. The van der Waals surface area contributed by atoms with Gasteiger partial charge in [-0.2, -0.15) is 4.98 Å². The summed E-state index contributed by atoms with van der Waals surface area (Å²) in [5.74, 6) is 1.71. The second-order valence-electron chi connectivity index (χ2n) is 7.06. The number of morpholine rings is 1. The third-order valence-electron chi connectivity index (χ3n) is 5.30. The molecule has 2 aromatic rings. The molecule has 6 nitrogen and oxygen atoms in total. The average molecular weight is 353 g/mol. The van der Waals surface area contributed by atoms with Crippen LogP contribution in [0, 0.1) is 6.92 Å². The van der Waals surface area contributed by atoms with Gasteiger partial charge in [0.1, 0.15) is 5.82 Å². The van der Waals surface area contributed by atoms with Gasteiger partial charge in [0.05, 0.1) is 13.2 Å². The van der Waals surface area contributed by atoms with Crippen molar-refractivity contribution in [1.29, 1.82) is 0 Å². The predicted molar refractivity (Wildman–Crippen MR) is 104 cm³/mol. The van der Waals surface area contributed by atoms with E-state index in [-0.39, 0.29) is 0 Å². The lowest BCUT2D eigenvalue weighted by Gasteiger charge is -2.40. The van der Waals surface area contributed by atoms with Gasteiger partial charge in [-0.1, -0.05) is 18.2 Å². The molecule has 138 valence electrons. The van der Waals surface area contributed by atoms with Crippen LogP contribution in [0.4, 0.5) is 17.5 Å². The Labute approximate surface area is 155 Å². The molecule has 26 heavy (non-hydrogen) atoms. The van der Waals surface area contributed by atoms with Crippen LogP contribution in [-0.4, -0.2) is 60.3 Å². The lowest BCUT2D eigenvalue weighted by atomic mass is 10.0. The molecule has 0 spiro atoms. The van der Waals surface area contributed by atoms with Crippen molar-refractivity contribution in [2.45, 2.75) is 25.8 Å². The van der Waals surface area contributed by atoms with Crippen LogP contribution in [0.15, 0.2) is 36.5 Å². The Morgan fingerprint density at radius 2 is 1.77 bits per heavy atom. The van der Waals surface area contributed by atoms with Crippen molar-refractivity contribution < 1.29 is 4.74 Å². The van der Waals surface area contributed by atoms with Gasteiger partial charge in [0.15, 0.2) is 0 Å². The maximum Gasteiger partial charge on any atom is 0.227 e. The number of benzene rings is 1.